The van der Waals surface area contributed by atoms with Crippen molar-refractivity contribution in [2.75, 3.05) is 19.0 Å². The van der Waals surface area contributed by atoms with E-state index >= 15 is 0 Å². The van der Waals surface area contributed by atoms with E-state index in [0.717, 1.165) is 17.9 Å². The number of carbonyl (C=O) groups excluding carboxylic acids is 2. The molecular weight excluding hydrogens is 428 g/mol. The number of carbonyl (C=O) groups is 2. The highest BCUT2D eigenvalue weighted by molar-refractivity contribution is 7.14. The Hall–Kier alpha value is -3.33. The third-order valence-corrected chi connectivity index (χ3v) is 5.66. The van der Waals surface area contributed by atoms with Crippen LogP contribution in [0, 0.1) is 0 Å². The summed E-state index contributed by atoms with van der Waals surface area (Å²) in [6.45, 7) is 4.50. The van der Waals surface area contributed by atoms with Crippen molar-refractivity contribution < 1.29 is 18.7 Å². The maximum absolute atomic E-state index is 13.2. The van der Waals surface area contributed by atoms with Gasteiger partial charge in [-0.1, -0.05) is 6.92 Å². The number of aromatic nitrogens is 1. The smallest absolute Gasteiger partial charge is 0.273 e. The molecule has 170 valence electrons. The second kappa shape index (κ2) is 11.3. The van der Waals surface area contributed by atoms with Gasteiger partial charge in [0.15, 0.2) is 5.13 Å². The second-order valence-electron chi connectivity index (χ2n) is 7.32. The van der Waals surface area contributed by atoms with Gasteiger partial charge in [-0.3, -0.25) is 9.59 Å². The first-order valence-corrected chi connectivity index (χ1v) is 11.3. The highest BCUT2D eigenvalue weighted by atomic mass is 32.1. The van der Waals surface area contributed by atoms with Crippen LogP contribution in [-0.4, -0.2) is 41.4 Å². The van der Waals surface area contributed by atoms with Gasteiger partial charge in [0, 0.05) is 30.1 Å². The van der Waals surface area contributed by atoms with Gasteiger partial charge in [-0.25, -0.2) is 4.98 Å². The Labute approximate surface area is 191 Å². The van der Waals surface area contributed by atoms with Crippen LogP contribution in [0.1, 0.15) is 42.9 Å². The van der Waals surface area contributed by atoms with Crippen LogP contribution in [0.3, 0.4) is 0 Å². The van der Waals surface area contributed by atoms with E-state index in [-0.39, 0.29) is 37.4 Å². The molecule has 9 heteroatoms. The molecule has 2 amide bonds. The van der Waals surface area contributed by atoms with Crippen LogP contribution in [0.15, 0.2) is 52.5 Å². The summed E-state index contributed by atoms with van der Waals surface area (Å²) in [5.41, 5.74) is 1.16. The molecule has 0 unspecified atom stereocenters. The minimum Gasteiger partial charge on any atom is -0.497 e. The van der Waals surface area contributed by atoms with E-state index in [0.29, 0.717) is 16.6 Å². The fourth-order valence-corrected chi connectivity index (χ4v) is 3.62. The molecule has 2 N–H and O–H groups in total. The van der Waals surface area contributed by atoms with Crippen molar-refractivity contribution in [2.24, 2.45) is 0 Å². The molecule has 0 aliphatic heterocycles. The van der Waals surface area contributed by atoms with Gasteiger partial charge in [0.05, 0.1) is 19.9 Å². The molecule has 0 spiro atoms. The summed E-state index contributed by atoms with van der Waals surface area (Å²) < 4.78 is 10.6. The number of methoxy groups -OCH3 is 1. The summed E-state index contributed by atoms with van der Waals surface area (Å²) in [4.78, 5) is 31.4. The van der Waals surface area contributed by atoms with E-state index in [4.69, 9.17) is 9.15 Å². The van der Waals surface area contributed by atoms with Gasteiger partial charge in [0.25, 0.3) is 5.91 Å². The van der Waals surface area contributed by atoms with Crippen LogP contribution in [0.5, 0.6) is 5.75 Å². The Morgan fingerprint density at radius 3 is 2.69 bits per heavy atom. The van der Waals surface area contributed by atoms with Gasteiger partial charge in [0.2, 0.25) is 5.91 Å². The van der Waals surface area contributed by atoms with Crippen LogP contribution in [0.25, 0.3) is 0 Å². The van der Waals surface area contributed by atoms with Crippen molar-refractivity contribution in [3.8, 4) is 5.75 Å². The molecule has 0 saturated heterocycles. The van der Waals surface area contributed by atoms with E-state index in [1.165, 1.54) is 11.3 Å². The zero-order valence-electron chi connectivity index (χ0n) is 18.5. The number of thiazole rings is 1. The Bertz CT molecular complexity index is 1000. The molecule has 3 rings (SSSR count). The van der Waals surface area contributed by atoms with E-state index in [9.17, 15) is 9.59 Å². The third-order valence-electron chi connectivity index (χ3n) is 4.91. The van der Waals surface area contributed by atoms with Crippen molar-refractivity contribution in [1.82, 2.24) is 15.2 Å². The molecule has 0 aliphatic carbocycles. The molecule has 1 aromatic carbocycles. The van der Waals surface area contributed by atoms with Crippen molar-refractivity contribution in [3.63, 3.8) is 0 Å². The summed E-state index contributed by atoms with van der Waals surface area (Å²) in [5, 5.41) is 8.43. The second-order valence-corrected chi connectivity index (χ2v) is 8.18. The molecule has 0 fully saturated rings. The van der Waals surface area contributed by atoms with Crippen molar-refractivity contribution >= 4 is 34.0 Å². The van der Waals surface area contributed by atoms with Crippen molar-refractivity contribution in [3.05, 3.63) is 59.5 Å². The van der Waals surface area contributed by atoms with Crippen molar-refractivity contribution in [2.45, 2.75) is 39.3 Å². The zero-order chi connectivity index (χ0) is 22.9. The third kappa shape index (κ3) is 6.58. The lowest BCUT2D eigenvalue weighted by Crippen LogP contribution is -2.37. The Morgan fingerprint density at radius 2 is 2.03 bits per heavy atom. The largest absolute Gasteiger partial charge is 0.497 e. The molecule has 32 heavy (non-hydrogen) atoms. The number of anilines is 2. The first kappa shape index (κ1) is 23.3. The van der Waals surface area contributed by atoms with Crippen LogP contribution in [-0.2, 0) is 11.3 Å². The molecule has 3 aromatic rings. The molecule has 0 saturated carbocycles. The van der Waals surface area contributed by atoms with Gasteiger partial charge < -0.3 is 24.7 Å². The first-order chi connectivity index (χ1) is 15.5. The summed E-state index contributed by atoms with van der Waals surface area (Å²) in [6, 6.07) is 11.1. The minimum absolute atomic E-state index is 0.0864. The van der Waals surface area contributed by atoms with Crippen LogP contribution in [0.2, 0.25) is 0 Å². The SMILES string of the molecule is CC[C@@H](C)NC(=O)CCN(Cc1ccco1)C(=O)c1csc(Nc2ccc(OC)cc2)n1. The summed E-state index contributed by atoms with van der Waals surface area (Å²) >= 11 is 1.34. The van der Waals surface area contributed by atoms with Crippen LogP contribution < -0.4 is 15.4 Å². The lowest BCUT2D eigenvalue weighted by molar-refractivity contribution is -0.121. The standard InChI is InChI=1S/C23H28N4O4S/c1-4-16(2)24-21(28)11-12-27(14-19-6-5-13-31-19)22(29)20-15-32-23(26-20)25-17-7-9-18(30-3)10-8-17/h5-10,13,15-16H,4,11-12,14H2,1-3H3,(H,24,28)(H,25,26)/t16-/m1/s1. The lowest BCUT2D eigenvalue weighted by Gasteiger charge is -2.21. The topological polar surface area (TPSA) is 96.7 Å². The van der Waals surface area contributed by atoms with Gasteiger partial charge in [-0.2, -0.15) is 0 Å². The molecule has 2 aromatic heterocycles. The van der Waals surface area contributed by atoms with Gasteiger partial charge in [-0.15, -0.1) is 11.3 Å². The van der Waals surface area contributed by atoms with Gasteiger partial charge in [0.1, 0.15) is 17.2 Å². The summed E-state index contributed by atoms with van der Waals surface area (Å²) in [6.07, 6.45) is 2.62. The Morgan fingerprint density at radius 1 is 1.25 bits per heavy atom. The number of benzene rings is 1. The van der Waals surface area contributed by atoms with Crippen molar-refractivity contribution in [1.29, 1.82) is 0 Å². The van der Waals surface area contributed by atoms with E-state index in [1.807, 2.05) is 38.1 Å². The molecule has 0 radical (unpaired) electrons. The van der Waals surface area contributed by atoms with E-state index in [1.54, 1.807) is 35.8 Å². The molecule has 0 aliphatic rings. The Kier molecular flexibility index (Phi) is 8.27. The van der Waals surface area contributed by atoms with E-state index in [2.05, 4.69) is 15.6 Å². The highest BCUT2D eigenvalue weighted by Crippen LogP contribution is 2.24. The molecule has 2 heterocycles. The molecule has 1 atom stereocenters. The fraction of sp³-hybridized carbons (Fsp3) is 0.348. The lowest BCUT2D eigenvalue weighted by atomic mass is 10.2. The molecule has 0 bridgehead atoms. The number of rotatable bonds is 11. The molecule has 8 nitrogen and oxygen atoms in total. The normalized spacial score (nSPS) is 11.6. The number of furan rings is 1. The van der Waals surface area contributed by atoms with Crippen LogP contribution >= 0.6 is 11.3 Å². The van der Waals surface area contributed by atoms with E-state index < -0.39 is 0 Å². The predicted molar refractivity (Wildman–Crippen MR) is 124 cm³/mol. The number of hydrogen-bond acceptors (Lipinski definition) is 7. The highest BCUT2D eigenvalue weighted by Gasteiger charge is 2.21. The monoisotopic (exact) mass is 456 g/mol. The minimum atomic E-state index is -0.253. The number of amides is 2. The number of hydrogen-bond donors (Lipinski definition) is 2. The maximum Gasteiger partial charge on any atom is 0.273 e. The average Bonchev–Trinajstić information content (AvgIpc) is 3.49. The fourth-order valence-electron chi connectivity index (χ4n) is 2.92. The number of nitrogens with one attached hydrogen (secondary N) is 2. The zero-order valence-corrected chi connectivity index (χ0v) is 19.3. The predicted octanol–water partition coefficient (Wildman–Crippen LogP) is 4.44. The average molecular weight is 457 g/mol. The number of ether oxygens (including phenoxy) is 1. The Balaban J connectivity index is 1.67. The first-order valence-electron chi connectivity index (χ1n) is 10.5. The van der Waals surface area contributed by atoms with Gasteiger partial charge >= 0.3 is 0 Å². The molecular formula is C23H28N4O4S. The summed E-state index contributed by atoms with van der Waals surface area (Å²) in [7, 11) is 1.61. The number of nitrogens with zero attached hydrogens (tertiary/aromatic N) is 2. The maximum atomic E-state index is 13.2. The summed E-state index contributed by atoms with van der Waals surface area (Å²) in [5.74, 6) is 1.07. The van der Waals surface area contributed by atoms with Crippen LogP contribution in [0.4, 0.5) is 10.8 Å². The quantitative estimate of drug-likeness (QED) is 0.443. The van der Waals surface area contributed by atoms with Gasteiger partial charge in [-0.05, 0) is 49.7 Å².